The summed E-state index contributed by atoms with van der Waals surface area (Å²) in [6.45, 7) is 1.07. The first-order valence-electron chi connectivity index (χ1n) is 9.44. The van der Waals surface area contributed by atoms with Crippen LogP contribution in [0, 0.1) is 16.7 Å². The van der Waals surface area contributed by atoms with Gasteiger partial charge < -0.3 is 4.90 Å². The summed E-state index contributed by atoms with van der Waals surface area (Å²) in [7, 11) is -3.87. The number of para-hydroxylation sites is 1. The third-order valence-corrected chi connectivity index (χ3v) is 8.13. The number of amides is 1. The molecule has 2 aromatic rings. The van der Waals surface area contributed by atoms with Crippen LogP contribution in [-0.2, 0) is 14.8 Å². The highest BCUT2D eigenvalue weighted by molar-refractivity contribution is 7.89. The van der Waals surface area contributed by atoms with Crippen molar-refractivity contribution in [3.05, 3.63) is 59.1 Å². The molecule has 0 aliphatic carbocycles. The van der Waals surface area contributed by atoms with Gasteiger partial charge in [-0.15, -0.1) is 0 Å². The number of anilines is 1. The van der Waals surface area contributed by atoms with E-state index < -0.39 is 15.4 Å². The molecule has 2 fully saturated rings. The van der Waals surface area contributed by atoms with Crippen LogP contribution in [0.3, 0.4) is 0 Å². The molecule has 2 aromatic carbocycles. The molecule has 2 heterocycles. The van der Waals surface area contributed by atoms with Gasteiger partial charge in [-0.1, -0.05) is 29.8 Å². The van der Waals surface area contributed by atoms with Gasteiger partial charge in [-0.2, -0.15) is 9.57 Å². The zero-order valence-electron chi connectivity index (χ0n) is 15.7. The molecule has 8 heteroatoms. The van der Waals surface area contributed by atoms with E-state index in [1.165, 1.54) is 22.5 Å². The van der Waals surface area contributed by atoms with Crippen LogP contribution < -0.4 is 4.90 Å². The van der Waals surface area contributed by atoms with E-state index in [0.717, 1.165) is 5.69 Å². The van der Waals surface area contributed by atoms with Gasteiger partial charge in [0, 0.05) is 25.3 Å². The molecule has 1 amide bonds. The number of carbonyl (C=O) groups is 1. The minimum absolute atomic E-state index is 0.0190. The van der Waals surface area contributed by atoms with E-state index in [1.54, 1.807) is 4.90 Å². The molecule has 2 aliphatic rings. The smallest absolute Gasteiger partial charge is 0.244 e. The minimum Gasteiger partial charge on any atom is -0.312 e. The van der Waals surface area contributed by atoms with Crippen LogP contribution in [0.4, 0.5) is 5.69 Å². The first kappa shape index (κ1) is 19.9. The van der Waals surface area contributed by atoms with Gasteiger partial charge in [0.25, 0.3) is 0 Å². The van der Waals surface area contributed by atoms with Crippen molar-refractivity contribution >= 4 is 33.2 Å². The molecule has 0 radical (unpaired) electrons. The molecular weight excluding hydrogens is 410 g/mol. The Morgan fingerprint density at radius 2 is 1.83 bits per heavy atom. The topological polar surface area (TPSA) is 81.5 Å². The van der Waals surface area contributed by atoms with E-state index in [-0.39, 0.29) is 22.4 Å². The Morgan fingerprint density at radius 3 is 2.52 bits per heavy atom. The normalized spacial score (nSPS) is 22.8. The fourth-order valence-electron chi connectivity index (χ4n) is 4.27. The number of hydrogen-bond acceptors (Lipinski definition) is 4. The van der Waals surface area contributed by atoms with E-state index in [0.29, 0.717) is 37.9 Å². The Kier molecular flexibility index (Phi) is 5.11. The molecule has 0 bridgehead atoms. The Balaban J connectivity index is 1.62. The average Bonchev–Trinajstić information content (AvgIpc) is 3.04. The number of carbonyl (C=O) groups excluding carboxylic acids is 1. The van der Waals surface area contributed by atoms with Gasteiger partial charge in [-0.25, -0.2) is 8.42 Å². The van der Waals surface area contributed by atoms with Crippen molar-refractivity contribution in [2.45, 2.75) is 24.2 Å². The zero-order chi connectivity index (χ0) is 20.6. The van der Waals surface area contributed by atoms with Gasteiger partial charge in [0.1, 0.15) is 4.90 Å². The molecule has 0 N–H and O–H groups in total. The Labute approximate surface area is 175 Å². The van der Waals surface area contributed by atoms with Gasteiger partial charge >= 0.3 is 0 Å². The molecule has 6 nitrogen and oxygen atoms in total. The molecule has 0 aromatic heterocycles. The second-order valence-corrected chi connectivity index (χ2v) is 9.84. The van der Waals surface area contributed by atoms with Crippen LogP contribution in [0.15, 0.2) is 53.4 Å². The summed E-state index contributed by atoms with van der Waals surface area (Å²) in [5.41, 5.74) is 0.429. The maximum atomic E-state index is 13.3. The van der Waals surface area contributed by atoms with Crippen LogP contribution in [0.5, 0.6) is 0 Å². The second-order valence-electron chi connectivity index (χ2n) is 7.52. The lowest BCUT2D eigenvalue weighted by Gasteiger charge is -2.38. The quantitative estimate of drug-likeness (QED) is 0.748. The molecule has 0 saturated carbocycles. The van der Waals surface area contributed by atoms with Gasteiger partial charge in [-0.3, -0.25) is 4.79 Å². The van der Waals surface area contributed by atoms with E-state index >= 15 is 0 Å². The number of sulfonamides is 1. The van der Waals surface area contributed by atoms with Crippen molar-refractivity contribution in [3.8, 4) is 6.07 Å². The number of piperidine rings is 1. The molecule has 1 spiro atoms. The fraction of sp³-hybridized carbons (Fsp3) is 0.333. The molecule has 1 atom stereocenters. The number of nitriles is 1. The van der Waals surface area contributed by atoms with E-state index in [9.17, 15) is 13.2 Å². The summed E-state index contributed by atoms with van der Waals surface area (Å²) >= 11 is 6.16. The van der Waals surface area contributed by atoms with Crippen molar-refractivity contribution in [2.75, 3.05) is 24.5 Å². The summed E-state index contributed by atoms with van der Waals surface area (Å²) in [5.74, 6) is -0.0190. The molecule has 150 valence electrons. The van der Waals surface area contributed by atoms with E-state index in [1.807, 2.05) is 36.4 Å². The molecular formula is C21H20ClN3O3S. The van der Waals surface area contributed by atoms with Crippen molar-refractivity contribution in [2.24, 2.45) is 5.41 Å². The lowest BCUT2D eigenvalue weighted by Crippen LogP contribution is -2.49. The Morgan fingerprint density at radius 1 is 1.07 bits per heavy atom. The lowest BCUT2D eigenvalue weighted by molar-refractivity contribution is -0.127. The molecule has 1 unspecified atom stereocenters. The summed E-state index contributed by atoms with van der Waals surface area (Å²) < 4.78 is 27.9. The summed E-state index contributed by atoms with van der Waals surface area (Å²) in [5, 5.41) is 9.00. The summed E-state index contributed by atoms with van der Waals surface area (Å²) in [6, 6.07) is 15.6. The monoisotopic (exact) mass is 429 g/mol. The number of benzene rings is 2. The van der Waals surface area contributed by atoms with Gasteiger partial charge in [0.2, 0.25) is 15.9 Å². The van der Waals surface area contributed by atoms with Crippen LogP contribution >= 0.6 is 11.6 Å². The third-order valence-electron chi connectivity index (χ3n) is 5.80. The van der Waals surface area contributed by atoms with Crippen molar-refractivity contribution in [1.82, 2.24) is 4.31 Å². The van der Waals surface area contributed by atoms with Crippen LogP contribution in [0.25, 0.3) is 0 Å². The minimum atomic E-state index is -3.87. The Hall–Kier alpha value is -2.40. The van der Waals surface area contributed by atoms with Crippen LogP contribution in [0.1, 0.15) is 24.8 Å². The maximum Gasteiger partial charge on any atom is 0.244 e. The van der Waals surface area contributed by atoms with Gasteiger partial charge in [0.05, 0.1) is 22.1 Å². The van der Waals surface area contributed by atoms with E-state index in [2.05, 4.69) is 0 Å². The van der Waals surface area contributed by atoms with Gasteiger partial charge in [-0.05, 0) is 49.6 Å². The third kappa shape index (κ3) is 3.42. The number of halogens is 1. The van der Waals surface area contributed by atoms with Crippen molar-refractivity contribution < 1.29 is 13.2 Å². The largest absolute Gasteiger partial charge is 0.312 e. The lowest BCUT2D eigenvalue weighted by atomic mass is 9.79. The molecule has 4 rings (SSSR count). The second kappa shape index (κ2) is 7.45. The first-order chi connectivity index (χ1) is 13.9. The van der Waals surface area contributed by atoms with Crippen molar-refractivity contribution in [3.63, 3.8) is 0 Å². The van der Waals surface area contributed by atoms with Crippen LogP contribution in [-0.4, -0.2) is 38.3 Å². The molecule has 2 saturated heterocycles. The summed E-state index contributed by atoms with van der Waals surface area (Å²) in [6.07, 6.45) is 1.90. The maximum absolute atomic E-state index is 13.3. The predicted octanol–water partition coefficient (Wildman–Crippen LogP) is 3.42. The highest BCUT2D eigenvalue weighted by Crippen LogP contribution is 2.43. The molecule has 29 heavy (non-hydrogen) atoms. The highest BCUT2D eigenvalue weighted by atomic mass is 35.5. The van der Waals surface area contributed by atoms with Crippen LogP contribution in [0.2, 0.25) is 5.02 Å². The summed E-state index contributed by atoms with van der Waals surface area (Å²) in [4.78, 5) is 15.0. The van der Waals surface area contributed by atoms with Crippen molar-refractivity contribution in [1.29, 1.82) is 5.26 Å². The van der Waals surface area contributed by atoms with E-state index in [4.69, 9.17) is 16.9 Å². The highest BCUT2D eigenvalue weighted by Gasteiger charge is 2.51. The predicted molar refractivity (Wildman–Crippen MR) is 110 cm³/mol. The molecule has 2 aliphatic heterocycles. The van der Waals surface area contributed by atoms with Gasteiger partial charge in [0.15, 0.2) is 0 Å². The Bertz CT molecular complexity index is 1100. The standard InChI is InChI=1S/C21H20ClN3O3S/c22-18-13-16(14-23)7-8-19(18)29(27,28)24-11-4-9-21(15-24)10-12-25(20(21)26)17-5-2-1-3-6-17/h1-3,5-8,13H,4,9-12,15H2. The zero-order valence-corrected chi connectivity index (χ0v) is 17.3. The number of hydrogen-bond donors (Lipinski definition) is 0. The first-order valence-corrected chi connectivity index (χ1v) is 11.3. The number of rotatable bonds is 3. The SMILES string of the molecule is N#Cc1ccc(S(=O)(=O)N2CCCC3(CCN(c4ccccc4)C3=O)C2)c(Cl)c1. The fourth-order valence-corrected chi connectivity index (χ4v) is 6.35. The number of nitrogens with zero attached hydrogens (tertiary/aromatic N) is 3. The average molecular weight is 430 g/mol.